The molecule has 3 heteroatoms. The monoisotopic (exact) mass is 156 g/mol. The minimum Gasteiger partial charge on any atom is -0.243 e. The Labute approximate surface area is 66.5 Å². The van der Waals surface area contributed by atoms with Gasteiger partial charge < -0.3 is 0 Å². The Bertz CT molecular complexity index is 169. The number of hydrogen-bond acceptors (Lipinski definition) is 2. The van der Waals surface area contributed by atoms with Crippen LogP contribution in [0.5, 0.6) is 0 Å². The highest BCUT2D eigenvalue weighted by atomic mass is 19.1. The molecule has 1 heterocycles. The summed E-state index contributed by atoms with van der Waals surface area (Å²) in [6, 6.07) is 0. The van der Waals surface area contributed by atoms with E-state index in [1.165, 1.54) is 0 Å². The van der Waals surface area contributed by atoms with Crippen molar-refractivity contribution in [3.63, 3.8) is 0 Å². The fourth-order valence-electron chi connectivity index (χ4n) is 1.19. The molecule has 1 aliphatic heterocycles. The third-order valence-electron chi connectivity index (χ3n) is 1.92. The van der Waals surface area contributed by atoms with Gasteiger partial charge in [0, 0.05) is 6.42 Å². The summed E-state index contributed by atoms with van der Waals surface area (Å²) in [5.74, 6) is 2.32. The molecule has 1 saturated heterocycles. The average molecular weight is 156 g/mol. The van der Waals surface area contributed by atoms with E-state index in [1.54, 1.807) is 0 Å². The van der Waals surface area contributed by atoms with E-state index in [4.69, 9.17) is 6.42 Å². The predicted molar refractivity (Wildman–Crippen MR) is 42.3 cm³/mol. The lowest BCUT2D eigenvalue weighted by atomic mass is 10.0. The second-order valence-corrected chi connectivity index (χ2v) is 2.85. The van der Waals surface area contributed by atoms with E-state index in [0.29, 0.717) is 0 Å². The molecule has 2 nitrogen and oxygen atoms in total. The van der Waals surface area contributed by atoms with E-state index in [9.17, 15) is 4.39 Å². The Hall–Kier alpha value is -0.590. The van der Waals surface area contributed by atoms with Gasteiger partial charge in [-0.2, -0.15) is 0 Å². The van der Waals surface area contributed by atoms with E-state index in [-0.39, 0.29) is 6.42 Å². The van der Waals surface area contributed by atoms with Crippen molar-refractivity contribution in [3.8, 4) is 12.3 Å². The summed E-state index contributed by atoms with van der Waals surface area (Å²) in [5, 5.41) is 0. The average Bonchev–Trinajstić information content (AvgIpc) is 2.71. The number of nitrogens with one attached hydrogen (secondary N) is 2. The summed E-state index contributed by atoms with van der Waals surface area (Å²) < 4.78 is 13.2. The standard InChI is InChI=1S/C8H13FN2/c1-3-5-7(9)8(6-4-2)10-11-8/h1,7,10-11H,4-6H2,2H3. The molecule has 0 aromatic carbocycles. The zero-order chi connectivity index (χ0) is 8.32. The van der Waals surface area contributed by atoms with Crippen LogP contribution in [0.1, 0.15) is 26.2 Å². The molecule has 0 radical (unpaired) electrons. The Balaban J connectivity index is 2.39. The Kier molecular flexibility index (Phi) is 2.48. The highest BCUT2D eigenvalue weighted by Gasteiger charge is 2.48. The quantitative estimate of drug-likeness (QED) is 0.470. The van der Waals surface area contributed by atoms with Crippen LogP contribution in [-0.2, 0) is 0 Å². The van der Waals surface area contributed by atoms with Gasteiger partial charge in [0.2, 0.25) is 0 Å². The van der Waals surface area contributed by atoms with Gasteiger partial charge in [-0.05, 0) is 6.42 Å². The number of alkyl halides is 1. The van der Waals surface area contributed by atoms with Crippen LogP contribution in [0.2, 0.25) is 0 Å². The van der Waals surface area contributed by atoms with Crippen molar-refractivity contribution in [2.75, 3.05) is 0 Å². The molecule has 1 unspecified atom stereocenters. The summed E-state index contributed by atoms with van der Waals surface area (Å²) in [7, 11) is 0. The SMILES string of the molecule is C#CCC(F)C1(CCC)NN1. The predicted octanol–water partition coefficient (Wildman–Crippen LogP) is 0.952. The van der Waals surface area contributed by atoms with Crippen LogP contribution >= 0.6 is 0 Å². The first-order chi connectivity index (χ1) is 5.25. The van der Waals surface area contributed by atoms with Crippen LogP contribution in [0.15, 0.2) is 0 Å². The molecule has 2 N–H and O–H groups in total. The van der Waals surface area contributed by atoms with Crippen LogP contribution in [0, 0.1) is 12.3 Å². The van der Waals surface area contributed by atoms with Gasteiger partial charge in [-0.15, -0.1) is 12.3 Å². The maximum absolute atomic E-state index is 13.2. The minimum atomic E-state index is -0.965. The highest BCUT2D eigenvalue weighted by molar-refractivity contribution is 5.04. The van der Waals surface area contributed by atoms with Crippen LogP contribution in [0.25, 0.3) is 0 Å². The summed E-state index contributed by atoms with van der Waals surface area (Å²) in [6.45, 7) is 2.02. The molecule has 0 spiro atoms. The third-order valence-corrected chi connectivity index (χ3v) is 1.92. The maximum Gasteiger partial charge on any atom is 0.144 e. The molecule has 1 fully saturated rings. The topological polar surface area (TPSA) is 43.9 Å². The van der Waals surface area contributed by atoms with E-state index in [2.05, 4.69) is 16.8 Å². The van der Waals surface area contributed by atoms with Gasteiger partial charge >= 0.3 is 0 Å². The first-order valence-corrected chi connectivity index (χ1v) is 3.87. The second-order valence-electron chi connectivity index (χ2n) is 2.85. The summed E-state index contributed by atoms with van der Waals surface area (Å²) in [5.41, 5.74) is 5.13. The molecular weight excluding hydrogens is 143 g/mol. The van der Waals surface area contributed by atoms with E-state index >= 15 is 0 Å². The first kappa shape index (κ1) is 8.51. The second kappa shape index (κ2) is 3.21. The molecule has 1 rings (SSSR count). The van der Waals surface area contributed by atoms with Crippen molar-refractivity contribution in [1.29, 1.82) is 0 Å². The lowest BCUT2D eigenvalue weighted by molar-refractivity contribution is 0.246. The molecule has 0 aliphatic carbocycles. The number of hydrazine groups is 1. The normalized spacial score (nSPS) is 22.3. The number of rotatable bonds is 4. The maximum atomic E-state index is 13.2. The Morgan fingerprint density at radius 2 is 2.27 bits per heavy atom. The van der Waals surface area contributed by atoms with Crippen molar-refractivity contribution in [2.45, 2.75) is 38.0 Å². The third kappa shape index (κ3) is 1.70. The summed E-state index contributed by atoms with van der Waals surface area (Å²) in [4.78, 5) is 0. The van der Waals surface area contributed by atoms with Crippen LogP contribution < -0.4 is 10.9 Å². The fourth-order valence-corrected chi connectivity index (χ4v) is 1.19. The molecular formula is C8H13FN2. The Morgan fingerprint density at radius 3 is 2.64 bits per heavy atom. The van der Waals surface area contributed by atoms with E-state index in [0.717, 1.165) is 12.8 Å². The van der Waals surface area contributed by atoms with Gasteiger partial charge in [-0.1, -0.05) is 13.3 Å². The van der Waals surface area contributed by atoms with Crippen molar-refractivity contribution >= 4 is 0 Å². The summed E-state index contributed by atoms with van der Waals surface area (Å²) in [6.07, 6.45) is 5.96. The van der Waals surface area contributed by atoms with Gasteiger partial charge in [0.1, 0.15) is 11.8 Å². The zero-order valence-electron chi connectivity index (χ0n) is 6.65. The van der Waals surface area contributed by atoms with Gasteiger partial charge in [-0.3, -0.25) is 0 Å². The van der Waals surface area contributed by atoms with Gasteiger partial charge in [-0.25, -0.2) is 15.2 Å². The molecule has 0 bridgehead atoms. The molecule has 62 valence electrons. The number of hydrogen-bond donors (Lipinski definition) is 2. The molecule has 1 atom stereocenters. The number of terminal acetylenes is 1. The molecule has 0 amide bonds. The fraction of sp³-hybridized carbons (Fsp3) is 0.750. The lowest BCUT2D eigenvalue weighted by Crippen LogP contribution is -2.30. The minimum absolute atomic E-state index is 0.181. The van der Waals surface area contributed by atoms with E-state index in [1.807, 2.05) is 6.92 Å². The van der Waals surface area contributed by atoms with Crippen LogP contribution in [0.4, 0.5) is 4.39 Å². The summed E-state index contributed by atoms with van der Waals surface area (Å²) >= 11 is 0. The van der Waals surface area contributed by atoms with Crippen molar-refractivity contribution in [3.05, 3.63) is 0 Å². The van der Waals surface area contributed by atoms with Crippen molar-refractivity contribution in [1.82, 2.24) is 10.9 Å². The Morgan fingerprint density at radius 1 is 1.64 bits per heavy atom. The van der Waals surface area contributed by atoms with E-state index < -0.39 is 11.8 Å². The van der Waals surface area contributed by atoms with Gasteiger partial charge in [0.25, 0.3) is 0 Å². The largest absolute Gasteiger partial charge is 0.243 e. The smallest absolute Gasteiger partial charge is 0.144 e. The van der Waals surface area contributed by atoms with Gasteiger partial charge in [0.05, 0.1) is 0 Å². The molecule has 0 aromatic heterocycles. The van der Waals surface area contributed by atoms with Crippen molar-refractivity contribution < 1.29 is 4.39 Å². The van der Waals surface area contributed by atoms with Crippen LogP contribution in [-0.4, -0.2) is 11.8 Å². The van der Waals surface area contributed by atoms with Crippen molar-refractivity contribution in [2.24, 2.45) is 0 Å². The molecule has 0 aromatic rings. The highest BCUT2D eigenvalue weighted by Crippen LogP contribution is 2.26. The zero-order valence-corrected chi connectivity index (χ0v) is 6.65. The molecule has 1 aliphatic rings. The number of halogens is 1. The molecule has 11 heavy (non-hydrogen) atoms. The lowest BCUT2D eigenvalue weighted by Gasteiger charge is -2.13. The van der Waals surface area contributed by atoms with Gasteiger partial charge in [0.15, 0.2) is 0 Å². The van der Waals surface area contributed by atoms with Crippen LogP contribution in [0.3, 0.4) is 0 Å². The first-order valence-electron chi connectivity index (χ1n) is 3.87. The molecule has 0 saturated carbocycles.